The quantitative estimate of drug-likeness (QED) is 0.539. The molecule has 0 atom stereocenters. The van der Waals surface area contributed by atoms with Crippen LogP contribution in [-0.2, 0) is 22.4 Å². The Balaban J connectivity index is 1.34. The molecule has 0 fully saturated rings. The Morgan fingerprint density at radius 1 is 1.10 bits per heavy atom. The highest BCUT2D eigenvalue weighted by Gasteiger charge is 2.15. The molecule has 0 bridgehead atoms. The van der Waals surface area contributed by atoms with Crippen molar-refractivity contribution in [2.24, 2.45) is 0 Å². The molecule has 0 saturated carbocycles. The molecule has 0 saturated heterocycles. The first-order chi connectivity index (χ1) is 14.4. The van der Waals surface area contributed by atoms with Crippen LogP contribution in [0.2, 0.25) is 0 Å². The van der Waals surface area contributed by atoms with Crippen LogP contribution in [-0.4, -0.2) is 35.0 Å². The van der Waals surface area contributed by atoms with E-state index in [1.165, 1.54) is 11.3 Å². The number of amides is 2. The zero-order valence-electron chi connectivity index (χ0n) is 16.5. The number of hydrogen-bond acceptors (Lipinski definition) is 7. The predicted molar refractivity (Wildman–Crippen MR) is 111 cm³/mol. The van der Waals surface area contributed by atoms with Crippen molar-refractivity contribution in [3.8, 4) is 11.5 Å². The second kappa shape index (κ2) is 8.15. The summed E-state index contributed by atoms with van der Waals surface area (Å²) in [5.74, 6) is 0.611. The number of thiophene rings is 1. The van der Waals surface area contributed by atoms with Crippen molar-refractivity contribution in [1.82, 2.24) is 20.8 Å². The third-order valence-corrected chi connectivity index (χ3v) is 5.83. The molecule has 4 rings (SSSR count). The van der Waals surface area contributed by atoms with Crippen molar-refractivity contribution in [3.63, 3.8) is 0 Å². The molecule has 9 nitrogen and oxygen atoms in total. The molecular weight excluding hydrogens is 408 g/mol. The minimum Gasteiger partial charge on any atom is -0.486 e. The summed E-state index contributed by atoms with van der Waals surface area (Å²) >= 11 is 1.41. The molecule has 30 heavy (non-hydrogen) atoms. The third kappa shape index (κ3) is 4.13. The molecule has 3 heterocycles. The van der Waals surface area contributed by atoms with Crippen molar-refractivity contribution >= 4 is 33.4 Å². The number of carbonyl (C=O) groups excluding carboxylic acids is 2. The molecule has 156 valence electrons. The minimum absolute atomic E-state index is 0.0612. The molecule has 0 unspecified atom stereocenters. The standard InChI is InChI=1S/C20H20N4O5S/c1-10-11(2)30-20-18(10)19(27)21-15(22-20)9-17(26)24-23-16(25)8-12-3-4-13-14(7-12)29-6-5-28-13/h3-4,7H,5-6,8-9H2,1-2H3,(H,23,25)(H,24,26)(H,21,22,27). The highest BCUT2D eigenvalue weighted by atomic mass is 32.1. The highest BCUT2D eigenvalue weighted by molar-refractivity contribution is 7.18. The van der Waals surface area contributed by atoms with Gasteiger partial charge in [-0.2, -0.15) is 0 Å². The van der Waals surface area contributed by atoms with Gasteiger partial charge in [0, 0.05) is 4.88 Å². The summed E-state index contributed by atoms with van der Waals surface area (Å²) in [6.45, 7) is 4.75. The van der Waals surface area contributed by atoms with Crippen LogP contribution in [0.15, 0.2) is 23.0 Å². The minimum atomic E-state index is -0.488. The van der Waals surface area contributed by atoms with Gasteiger partial charge in [-0.25, -0.2) is 4.98 Å². The predicted octanol–water partition coefficient (Wildman–Crippen LogP) is 1.31. The fourth-order valence-corrected chi connectivity index (χ4v) is 4.19. The van der Waals surface area contributed by atoms with E-state index in [-0.39, 0.29) is 30.1 Å². The van der Waals surface area contributed by atoms with Crippen LogP contribution in [0.3, 0.4) is 0 Å². The number of rotatable bonds is 4. The van der Waals surface area contributed by atoms with E-state index in [2.05, 4.69) is 20.8 Å². The number of fused-ring (bicyclic) bond motifs is 2. The number of nitrogens with zero attached hydrogens (tertiary/aromatic N) is 1. The molecule has 10 heteroatoms. The Hall–Kier alpha value is -3.40. The molecule has 3 N–H and O–H groups in total. The lowest BCUT2D eigenvalue weighted by Gasteiger charge is -2.18. The molecule has 3 aromatic rings. The zero-order valence-corrected chi connectivity index (χ0v) is 17.3. The summed E-state index contributed by atoms with van der Waals surface area (Å²) in [4.78, 5) is 45.2. The molecule has 1 aliphatic rings. The lowest BCUT2D eigenvalue weighted by atomic mass is 10.1. The number of carbonyl (C=O) groups is 2. The van der Waals surface area contributed by atoms with Crippen LogP contribution >= 0.6 is 11.3 Å². The number of hydrazine groups is 1. The van der Waals surface area contributed by atoms with Crippen molar-refractivity contribution in [2.75, 3.05) is 13.2 Å². The van der Waals surface area contributed by atoms with Gasteiger partial charge < -0.3 is 14.5 Å². The zero-order chi connectivity index (χ0) is 21.3. The number of aryl methyl sites for hydroxylation is 2. The van der Waals surface area contributed by atoms with E-state index in [1.54, 1.807) is 18.2 Å². The number of benzene rings is 1. The monoisotopic (exact) mass is 428 g/mol. The fourth-order valence-electron chi connectivity index (χ4n) is 3.15. The van der Waals surface area contributed by atoms with Gasteiger partial charge in [-0.05, 0) is 37.1 Å². The summed E-state index contributed by atoms with van der Waals surface area (Å²) in [7, 11) is 0. The third-order valence-electron chi connectivity index (χ3n) is 4.73. The average molecular weight is 428 g/mol. The number of nitrogens with one attached hydrogen (secondary N) is 3. The molecule has 1 aliphatic heterocycles. The average Bonchev–Trinajstić information content (AvgIpc) is 3.00. The molecule has 1 aromatic carbocycles. The number of aromatic amines is 1. The first-order valence-corrected chi connectivity index (χ1v) is 10.2. The van der Waals surface area contributed by atoms with Gasteiger partial charge in [-0.1, -0.05) is 6.07 Å². The second-order valence-corrected chi connectivity index (χ2v) is 8.11. The Labute approximate surface area is 175 Å². The first kappa shape index (κ1) is 19.9. The van der Waals surface area contributed by atoms with Gasteiger partial charge in [0.2, 0.25) is 11.8 Å². The smallest absolute Gasteiger partial charge is 0.259 e. The van der Waals surface area contributed by atoms with E-state index in [0.29, 0.717) is 34.9 Å². The number of aromatic nitrogens is 2. The van der Waals surface area contributed by atoms with Gasteiger partial charge >= 0.3 is 0 Å². The van der Waals surface area contributed by atoms with Crippen LogP contribution < -0.4 is 25.9 Å². The van der Waals surface area contributed by atoms with Crippen molar-refractivity contribution in [3.05, 3.63) is 50.4 Å². The van der Waals surface area contributed by atoms with Crippen molar-refractivity contribution in [1.29, 1.82) is 0 Å². The molecule has 2 aromatic heterocycles. The van der Waals surface area contributed by atoms with Crippen LogP contribution in [0.4, 0.5) is 0 Å². The maximum Gasteiger partial charge on any atom is 0.259 e. The van der Waals surface area contributed by atoms with Gasteiger partial charge in [-0.15, -0.1) is 11.3 Å². The molecule has 0 aliphatic carbocycles. The van der Waals surface area contributed by atoms with Gasteiger partial charge in [0.15, 0.2) is 11.5 Å². The van der Waals surface area contributed by atoms with Crippen LogP contribution in [0.5, 0.6) is 11.5 Å². The lowest BCUT2D eigenvalue weighted by Crippen LogP contribution is -2.43. The second-order valence-electron chi connectivity index (χ2n) is 6.90. The Morgan fingerprint density at radius 2 is 1.80 bits per heavy atom. The maximum atomic E-state index is 12.3. The van der Waals surface area contributed by atoms with Crippen molar-refractivity contribution in [2.45, 2.75) is 26.7 Å². The largest absolute Gasteiger partial charge is 0.486 e. The van der Waals surface area contributed by atoms with E-state index in [4.69, 9.17) is 9.47 Å². The fraction of sp³-hybridized carbons (Fsp3) is 0.300. The van der Waals surface area contributed by atoms with Gasteiger partial charge in [0.25, 0.3) is 5.56 Å². The normalized spacial score (nSPS) is 12.6. The lowest BCUT2D eigenvalue weighted by molar-refractivity contribution is -0.128. The van der Waals surface area contributed by atoms with E-state index < -0.39 is 5.91 Å². The number of hydrogen-bond donors (Lipinski definition) is 3. The summed E-state index contributed by atoms with van der Waals surface area (Å²) < 4.78 is 10.9. The topological polar surface area (TPSA) is 122 Å². The summed E-state index contributed by atoms with van der Waals surface area (Å²) in [6.07, 6.45) is -0.100. The van der Waals surface area contributed by atoms with E-state index in [1.807, 2.05) is 13.8 Å². The molecule has 0 radical (unpaired) electrons. The Bertz CT molecular complexity index is 1200. The number of ether oxygens (including phenoxy) is 2. The van der Waals surface area contributed by atoms with Crippen LogP contribution in [0, 0.1) is 13.8 Å². The van der Waals surface area contributed by atoms with E-state index in [9.17, 15) is 14.4 Å². The highest BCUT2D eigenvalue weighted by Crippen LogP contribution is 2.30. The molecule has 2 amide bonds. The van der Waals surface area contributed by atoms with Gasteiger partial charge in [-0.3, -0.25) is 25.2 Å². The maximum absolute atomic E-state index is 12.3. The molecular formula is C20H20N4O5S. The first-order valence-electron chi connectivity index (χ1n) is 9.36. The van der Waals surface area contributed by atoms with Crippen LogP contribution in [0.1, 0.15) is 21.8 Å². The summed E-state index contributed by atoms with van der Waals surface area (Å²) in [5, 5.41) is 0.550. The van der Waals surface area contributed by atoms with Gasteiger partial charge in [0.1, 0.15) is 23.9 Å². The van der Waals surface area contributed by atoms with E-state index >= 15 is 0 Å². The SMILES string of the molecule is Cc1sc2nc(CC(=O)NNC(=O)Cc3ccc4c(c3)OCCO4)[nH]c(=O)c2c1C. The van der Waals surface area contributed by atoms with Crippen molar-refractivity contribution < 1.29 is 19.1 Å². The summed E-state index contributed by atoms with van der Waals surface area (Å²) in [6, 6.07) is 5.26. The van der Waals surface area contributed by atoms with Crippen LogP contribution in [0.25, 0.3) is 10.2 Å². The number of H-pyrrole nitrogens is 1. The Morgan fingerprint density at radius 3 is 2.57 bits per heavy atom. The van der Waals surface area contributed by atoms with E-state index in [0.717, 1.165) is 16.0 Å². The Kier molecular flexibility index (Phi) is 5.40. The summed E-state index contributed by atoms with van der Waals surface area (Å²) in [5.41, 5.74) is 6.06. The molecule has 0 spiro atoms. The van der Waals surface area contributed by atoms with Gasteiger partial charge in [0.05, 0.1) is 18.2 Å².